The van der Waals surface area contributed by atoms with Gasteiger partial charge < -0.3 is 5.32 Å². The van der Waals surface area contributed by atoms with Crippen LogP contribution in [0.4, 0.5) is 10.8 Å². The van der Waals surface area contributed by atoms with Gasteiger partial charge in [-0.25, -0.2) is 4.98 Å². The van der Waals surface area contributed by atoms with Crippen molar-refractivity contribution in [3.8, 4) is 0 Å². The number of aromatic nitrogens is 1. The second-order valence-corrected chi connectivity index (χ2v) is 6.42. The summed E-state index contributed by atoms with van der Waals surface area (Å²) in [5, 5.41) is 4.33. The smallest absolute Gasteiger partial charge is 0.188 e. The van der Waals surface area contributed by atoms with Gasteiger partial charge in [-0.2, -0.15) is 0 Å². The van der Waals surface area contributed by atoms with Gasteiger partial charge >= 0.3 is 0 Å². The Hall–Kier alpha value is -1.87. The van der Waals surface area contributed by atoms with Crippen LogP contribution in [0.25, 0.3) is 10.2 Å². The van der Waals surface area contributed by atoms with E-state index in [1.54, 1.807) is 11.3 Å². The van der Waals surface area contributed by atoms with Crippen molar-refractivity contribution in [1.82, 2.24) is 4.98 Å². The van der Waals surface area contributed by atoms with E-state index in [1.165, 1.54) is 15.8 Å². The van der Waals surface area contributed by atoms with E-state index in [0.717, 1.165) is 16.3 Å². The van der Waals surface area contributed by atoms with Crippen molar-refractivity contribution in [3.63, 3.8) is 0 Å². The number of aryl methyl sites for hydroxylation is 1. The molecule has 0 aliphatic heterocycles. The van der Waals surface area contributed by atoms with Gasteiger partial charge in [0.2, 0.25) is 0 Å². The van der Waals surface area contributed by atoms with Crippen LogP contribution in [-0.2, 0) is 0 Å². The van der Waals surface area contributed by atoms with E-state index in [4.69, 9.17) is 0 Å². The van der Waals surface area contributed by atoms with E-state index in [0.29, 0.717) is 5.92 Å². The van der Waals surface area contributed by atoms with Gasteiger partial charge in [-0.05, 0) is 48.2 Å². The average Bonchev–Trinajstić information content (AvgIpc) is 2.80. The van der Waals surface area contributed by atoms with E-state index in [-0.39, 0.29) is 0 Å². The second-order valence-electron chi connectivity index (χ2n) is 5.39. The minimum absolute atomic E-state index is 0.564. The van der Waals surface area contributed by atoms with Gasteiger partial charge in [-0.1, -0.05) is 43.4 Å². The van der Waals surface area contributed by atoms with Gasteiger partial charge in [-0.15, -0.1) is 0 Å². The SMILES string of the molecule is Cc1ccc2nc(Nc3ccc(C(C)C)cc3)sc2c1. The van der Waals surface area contributed by atoms with Gasteiger partial charge in [0.05, 0.1) is 10.2 Å². The fraction of sp³-hybridized carbons (Fsp3) is 0.235. The highest BCUT2D eigenvalue weighted by Gasteiger charge is 2.05. The van der Waals surface area contributed by atoms with Crippen molar-refractivity contribution in [3.05, 3.63) is 53.6 Å². The summed E-state index contributed by atoms with van der Waals surface area (Å²) in [5.41, 5.74) is 4.77. The number of nitrogens with one attached hydrogen (secondary N) is 1. The van der Waals surface area contributed by atoms with Gasteiger partial charge in [0, 0.05) is 5.69 Å². The van der Waals surface area contributed by atoms with Crippen molar-refractivity contribution in [1.29, 1.82) is 0 Å². The van der Waals surface area contributed by atoms with E-state index in [9.17, 15) is 0 Å². The lowest BCUT2D eigenvalue weighted by Gasteiger charge is -2.07. The molecule has 0 aliphatic rings. The topological polar surface area (TPSA) is 24.9 Å². The lowest BCUT2D eigenvalue weighted by Crippen LogP contribution is -1.91. The molecule has 0 atom stereocenters. The first-order chi connectivity index (χ1) is 9.61. The first kappa shape index (κ1) is 13.1. The van der Waals surface area contributed by atoms with Gasteiger partial charge in [0.25, 0.3) is 0 Å². The number of nitrogens with zero attached hydrogens (tertiary/aromatic N) is 1. The molecule has 2 nitrogen and oxygen atoms in total. The van der Waals surface area contributed by atoms with E-state index in [1.807, 2.05) is 0 Å². The predicted octanol–water partition coefficient (Wildman–Crippen LogP) is 5.47. The third-order valence-corrected chi connectivity index (χ3v) is 4.31. The van der Waals surface area contributed by atoms with E-state index >= 15 is 0 Å². The highest BCUT2D eigenvalue weighted by atomic mass is 32.1. The molecule has 102 valence electrons. The maximum absolute atomic E-state index is 4.61. The van der Waals surface area contributed by atoms with E-state index in [2.05, 4.69) is 73.5 Å². The molecule has 0 spiro atoms. The number of hydrogen-bond donors (Lipinski definition) is 1. The number of benzene rings is 2. The van der Waals surface area contributed by atoms with Crippen LogP contribution < -0.4 is 5.32 Å². The summed E-state index contributed by atoms with van der Waals surface area (Å²) in [6, 6.07) is 14.9. The number of rotatable bonds is 3. The third-order valence-electron chi connectivity index (χ3n) is 3.37. The van der Waals surface area contributed by atoms with Gasteiger partial charge in [0.1, 0.15) is 0 Å². The van der Waals surface area contributed by atoms with Crippen LogP contribution in [0.2, 0.25) is 0 Å². The maximum Gasteiger partial charge on any atom is 0.188 e. The van der Waals surface area contributed by atoms with Crippen molar-refractivity contribution < 1.29 is 0 Å². The molecule has 3 aromatic rings. The summed E-state index contributed by atoms with van der Waals surface area (Å²) in [6.07, 6.45) is 0. The van der Waals surface area contributed by atoms with Crippen LogP contribution >= 0.6 is 11.3 Å². The summed E-state index contributed by atoms with van der Waals surface area (Å²) in [7, 11) is 0. The Labute approximate surface area is 123 Å². The molecule has 0 fully saturated rings. The zero-order valence-corrected chi connectivity index (χ0v) is 12.8. The van der Waals surface area contributed by atoms with Crippen LogP contribution in [0.3, 0.4) is 0 Å². The first-order valence-electron chi connectivity index (χ1n) is 6.86. The van der Waals surface area contributed by atoms with Crippen LogP contribution in [0.5, 0.6) is 0 Å². The first-order valence-corrected chi connectivity index (χ1v) is 7.67. The highest BCUT2D eigenvalue weighted by molar-refractivity contribution is 7.22. The molecule has 0 saturated heterocycles. The monoisotopic (exact) mass is 282 g/mol. The molecule has 1 aromatic heterocycles. The quantitative estimate of drug-likeness (QED) is 0.688. The van der Waals surface area contributed by atoms with Crippen LogP contribution in [0.15, 0.2) is 42.5 Å². The Morgan fingerprint density at radius 1 is 1.05 bits per heavy atom. The maximum atomic E-state index is 4.61. The average molecular weight is 282 g/mol. The minimum atomic E-state index is 0.564. The standard InChI is InChI=1S/C17H18N2S/c1-11(2)13-5-7-14(8-6-13)18-17-19-15-9-4-12(3)10-16(15)20-17/h4-11H,1-3H3,(H,18,19). The minimum Gasteiger partial charge on any atom is -0.332 e. The number of anilines is 2. The zero-order chi connectivity index (χ0) is 14.1. The van der Waals surface area contributed by atoms with Crippen LogP contribution in [0, 0.1) is 6.92 Å². The normalized spacial score (nSPS) is 11.2. The molecule has 0 unspecified atom stereocenters. The van der Waals surface area contributed by atoms with E-state index < -0.39 is 0 Å². The Balaban J connectivity index is 1.85. The van der Waals surface area contributed by atoms with Gasteiger partial charge in [0.15, 0.2) is 5.13 Å². The second kappa shape index (κ2) is 5.25. The fourth-order valence-corrected chi connectivity index (χ4v) is 3.14. The number of thiazole rings is 1. The van der Waals surface area contributed by atoms with Crippen molar-refractivity contribution in [2.45, 2.75) is 26.7 Å². The molecule has 0 radical (unpaired) electrons. The van der Waals surface area contributed by atoms with Crippen molar-refractivity contribution in [2.75, 3.05) is 5.32 Å². The summed E-state index contributed by atoms with van der Waals surface area (Å²) in [6.45, 7) is 6.52. The molecule has 3 rings (SSSR count). The Morgan fingerprint density at radius 3 is 2.50 bits per heavy atom. The lowest BCUT2D eigenvalue weighted by atomic mass is 10.0. The highest BCUT2D eigenvalue weighted by Crippen LogP contribution is 2.29. The molecule has 1 heterocycles. The molecule has 3 heteroatoms. The number of hydrogen-bond acceptors (Lipinski definition) is 3. The van der Waals surface area contributed by atoms with Crippen LogP contribution in [-0.4, -0.2) is 4.98 Å². The Morgan fingerprint density at radius 2 is 1.80 bits per heavy atom. The summed E-state index contributed by atoms with van der Waals surface area (Å²) in [5.74, 6) is 0.564. The zero-order valence-electron chi connectivity index (χ0n) is 12.0. The molecule has 0 bridgehead atoms. The van der Waals surface area contributed by atoms with Crippen LogP contribution in [0.1, 0.15) is 30.9 Å². The van der Waals surface area contributed by atoms with Crippen molar-refractivity contribution in [2.24, 2.45) is 0 Å². The summed E-state index contributed by atoms with van der Waals surface area (Å²) in [4.78, 5) is 4.61. The number of fused-ring (bicyclic) bond motifs is 1. The molecule has 0 saturated carbocycles. The Bertz CT molecular complexity index is 726. The lowest BCUT2D eigenvalue weighted by molar-refractivity contribution is 0.867. The molecule has 1 N–H and O–H groups in total. The molecule has 20 heavy (non-hydrogen) atoms. The predicted molar refractivity (Wildman–Crippen MR) is 88.2 cm³/mol. The fourth-order valence-electron chi connectivity index (χ4n) is 2.16. The molecular weight excluding hydrogens is 264 g/mol. The third kappa shape index (κ3) is 2.68. The summed E-state index contributed by atoms with van der Waals surface area (Å²) < 4.78 is 1.23. The van der Waals surface area contributed by atoms with Crippen molar-refractivity contribution >= 4 is 32.4 Å². The largest absolute Gasteiger partial charge is 0.332 e. The van der Waals surface area contributed by atoms with Gasteiger partial charge in [-0.3, -0.25) is 0 Å². The Kier molecular flexibility index (Phi) is 3.45. The molecule has 0 amide bonds. The molecular formula is C17H18N2S. The molecule has 0 aliphatic carbocycles. The summed E-state index contributed by atoms with van der Waals surface area (Å²) >= 11 is 1.69. The molecule has 2 aromatic carbocycles.